The van der Waals surface area contributed by atoms with Crippen molar-refractivity contribution in [3.63, 3.8) is 0 Å². The molecule has 2 heterocycles. The number of fused-ring (bicyclic) bond motifs is 1. The topological polar surface area (TPSA) is 55.0 Å². The lowest BCUT2D eigenvalue weighted by atomic mass is 10.0. The summed E-state index contributed by atoms with van der Waals surface area (Å²) >= 11 is 6.12. The number of nitrogens with zero attached hydrogens (tertiary/aromatic N) is 3. The van der Waals surface area contributed by atoms with Crippen molar-refractivity contribution in [3.05, 3.63) is 41.2 Å². The van der Waals surface area contributed by atoms with Gasteiger partial charge in [0, 0.05) is 24.7 Å². The van der Waals surface area contributed by atoms with E-state index in [-0.39, 0.29) is 5.82 Å². The molecule has 0 radical (unpaired) electrons. The van der Waals surface area contributed by atoms with E-state index in [2.05, 4.69) is 15.1 Å². The van der Waals surface area contributed by atoms with Crippen LogP contribution in [0.15, 0.2) is 30.3 Å². The van der Waals surface area contributed by atoms with Crippen molar-refractivity contribution in [2.45, 2.75) is 18.9 Å². The highest BCUT2D eigenvalue weighted by atomic mass is 35.5. The largest absolute Gasteiger partial charge is 0.355 e. The second-order valence-electron chi connectivity index (χ2n) is 6.56. The van der Waals surface area contributed by atoms with Crippen molar-refractivity contribution < 1.29 is 4.39 Å². The molecule has 23 heavy (non-hydrogen) atoms. The van der Waals surface area contributed by atoms with Crippen molar-refractivity contribution in [2.75, 3.05) is 18.0 Å². The second-order valence-corrected chi connectivity index (χ2v) is 6.96. The maximum absolute atomic E-state index is 13.4. The van der Waals surface area contributed by atoms with E-state index in [9.17, 15) is 4.39 Å². The third kappa shape index (κ3) is 2.79. The third-order valence-corrected chi connectivity index (χ3v) is 5.30. The van der Waals surface area contributed by atoms with Crippen LogP contribution in [-0.2, 0) is 0 Å². The van der Waals surface area contributed by atoms with Gasteiger partial charge >= 0.3 is 0 Å². The van der Waals surface area contributed by atoms with Crippen LogP contribution in [0.25, 0.3) is 11.3 Å². The molecule has 0 spiro atoms. The maximum atomic E-state index is 13.4. The Kier molecular flexibility index (Phi) is 3.70. The number of rotatable bonds is 2. The Morgan fingerprint density at radius 3 is 2.48 bits per heavy atom. The van der Waals surface area contributed by atoms with Crippen molar-refractivity contribution in [2.24, 2.45) is 17.6 Å². The molecule has 1 saturated carbocycles. The molecule has 2 unspecified atom stereocenters. The minimum absolute atomic E-state index is 0.334. The fraction of sp³-hybridized carbons (Fsp3) is 0.412. The normalized spacial score (nSPS) is 26.6. The average molecular weight is 333 g/mol. The number of hydrogen-bond acceptors (Lipinski definition) is 4. The van der Waals surface area contributed by atoms with Crippen LogP contribution in [0.2, 0.25) is 5.02 Å². The monoisotopic (exact) mass is 332 g/mol. The molecular formula is C17H18ClFN4. The van der Waals surface area contributed by atoms with Crippen molar-refractivity contribution >= 4 is 17.4 Å². The lowest BCUT2D eigenvalue weighted by Crippen LogP contribution is -2.25. The number of benzene rings is 1. The average Bonchev–Trinajstić information content (AvgIpc) is 3.07. The van der Waals surface area contributed by atoms with Gasteiger partial charge in [0.05, 0.1) is 10.7 Å². The van der Waals surface area contributed by atoms with E-state index in [0.29, 0.717) is 34.2 Å². The van der Waals surface area contributed by atoms with Crippen molar-refractivity contribution in [1.82, 2.24) is 10.2 Å². The van der Waals surface area contributed by atoms with Gasteiger partial charge in [-0.3, -0.25) is 0 Å². The summed E-state index contributed by atoms with van der Waals surface area (Å²) in [6.45, 7) is 1.99. The van der Waals surface area contributed by atoms with Gasteiger partial charge in [-0.1, -0.05) is 11.6 Å². The Labute approximate surface area is 139 Å². The molecule has 120 valence electrons. The van der Waals surface area contributed by atoms with Gasteiger partial charge in [-0.15, -0.1) is 10.2 Å². The highest BCUT2D eigenvalue weighted by Gasteiger charge is 2.40. The van der Waals surface area contributed by atoms with Gasteiger partial charge in [0.15, 0.2) is 5.82 Å². The predicted octanol–water partition coefficient (Wildman–Crippen LogP) is 3.11. The number of halogens is 2. The zero-order valence-electron chi connectivity index (χ0n) is 12.6. The molecule has 2 fully saturated rings. The van der Waals surface area contributed by atoms with E-state index < -0.39 is 0 Å². The summed E-state index contributed by atoms with van der Waals surface area (Å²) in [5.41, 5.74) is 7.18. The molecule has 1 saturated heterocycles. The number of anilines is 1. The lowest BCUT2D eigenvalue weighted by molar-refractivity contribution is 0.494. The zero-order chi connectivity index (χ0) is 16.0. The first-order chi connectivity index (χ1) is 11.1. The standard InChI is InChI=1S/C17H18ClFN4/c18-15-2-1-12(19)7-14(15)16-3-4-17(22-21-16)23-8-10-5-13(20)6-11(10)9-23/h1-4,7,10-11,13H,5-6,8-9,20H2. The van der Waals surface area contributed by atoms with E-state index in [0.717, 1.165) is 31.7 Å². The van der Waals surface area contributed by atoms with Crippen LogP contribution in [0, 0.1) is 17.7 Å². The summed E-state index contributed by atoms with van der Waals surface area (Å²) < 4.78 is 13.4. The van der Waals surface area contributed by atoms with Crippen LogP contribution in [0.5, 0.6) is 0 Å². The van der Waals surface area contributed by atoms with Gasteiger partial charge in [0.2, 0.25) is 0 Å². The number of nitrogens with two attached hydrogens (primary N) is 1. The Hall–Kier alpha value is -1.72. The summed E-state index contributed by atoms with van der Waals surface area (Å²) in [5.74, 6) is 1.87. The molecule has 2 N–H and O–H groups in total. The van der Waals surface area contributed by atoms with Gasteiger partial charge < -0.3 is 10.6 Å². The molecule has 0 bridgehead atoms. The fourth-order valence-corrected chi connectivity index (χ4v) is 4.08. The van der Waals surface area contributed by atoms with Crippen LogP contribution in [0.4, 0.5) is 10.2 Å². The molecule has 4 nitrogen and oxygen atoms in total. The molecule has 0 amide bonds. The van der Waals surface area contributed by atoms with Crippen LogP contribution in [0.1, 0.15) is 12.8 Å². The molecule has 1 aliphatic carbocycles. The molecule has 2 aromatic rings. The molecule has 1 aromatic carbocycles. The maximum Gasteiger partial charge on any atom is 0.151 e. The van der Waals surface area contributed by atoms with E-state index in [1.807, 2.05) is 12.1 Å². The van der Waals surface area contributed by atoms with Crippen LogP contribution in [-0.4, -0.2) is 29.3 Å². The quantitative estimate of drug-likeness (QED) is 0.918. The van der Waals surface area contributed by atoms with E-state index in [4.69, 9.17) is 17.3 Å². The molecule has 1 aliphatic heterocycles. The van der Waals surface area contributed by atoms with Gasteiger partial charge in [0.1, 0.15) is 5.82 Å². The molecule has 1 aromatic heterocycles. The van der Waals surface area contributed by atoms with Gasteiger partial charge in [-0.05, 0) is 55.0 Å². The summed E-state index contributed by atoms with van der Waals surface area (Å²) in [4.78, 5) is 2.27. The van der Waals surface area contributed by atoms with Gasteiger partial charge in [-0.2, -0.15) is 0 Å². The number of aromatic nitrogens is 2. The first kappa shape index (κ1) is 14.8. The molecule has 2 atom stereocenters. The highest BCUT2D eigenvalue weighted by Crippen LogP contribution is 2.38. The fourth-order valence-electron chi connectivity index (χ4n) is 3.87. The summed E-state index contributed by atoms with van der Waals surface area (Å²) in [5, 5.41) is 9.03. The summed E-state index contributed by atoms with van der Waals surface area (Å²) in [6.07, 6.45) is 2.21. The number of hydrogen-bond donors (Lipinski definition) is 1. The Morgan fingerprint density at radius 1 is 1.09 bits per heavy atom. The predicted molar refractivity (Wildman–Crippen MR) is 88.8 cm³/mol. The van der Waals surface area contributed by atoms with E-state index in [1.54, 1.807) is 0 Å². The smallest absolute Gasteiger partial charge is 0.151 e. The molecule has 4 rings (SSSR count). The Balaban J connectivity index is 1.54. The van der Waals surface area contributed by atoms with Crippen LogP contribution in [0.3, 0.4) is 0 Å². The first-order valence-electron chi connectivity index (χ1n) is 7.90. The van der Waals surface area contributed by atoms with Gasteiger partial charge in [-0.25, -0.2) is 4.39 Å². The van der Waals surface area contributed by atoms with Gasteiger partial charge in [0.25, 0.3) is 0 Å². The van der Waals surface area contributed by atoms with E-state index >= 15 is 0 Å². The zero-order valence-corrected chi connectivity index (χ0v) is 13.4. The van der Waals surface area contributed by atoms with E-state index in [1.165, 1.54) is 18.2 Å². The van der Waals surface area contributed by atoms with Crippen LogP contribution < -0.4 is 10.6 Å². The second kappa shape index (κ2) is 5.73. The van der Waals surface area contributed by atoms with Crippen molar-refractivity contribution in [1.29, 1.82) is 0 Å². The highest BCUT2D eigenvalue weighted by molar-refractivity contribution is 6.33. The minimum Gasteiger partial charge on any atom is -0.355 e. The van der Waals surface area contributed by atoms with Crippen LogP contribution >= 0.6 is 11.6 Å². The summed E-state index contributed by atoms with van der Waals surface area (Å²) in [6, 6.07) is 8.39. The van der Waals surface area contributed by atoms with Crippen molar-refractivity contribution in [3.8, 4) is 11.3 Å². The Morgan fingerprint density at radius 2 is 1.83 bits per heavy atom. The summed E-state index contributed by atoms with van der Waals surface area (Å²) in [7, 11) is 0. The lowest BCUT2D eigenvalue weighted by Gasteiger charge is -2.18. The Bertz CT molecular complexity index is 707. The SMILES string of the molecule is NC1CC2CN(c3ccc(-c4cc(F)ccc4Cl)nn3)CC2C1. The molecule has 6 heteroatoms. The third-order valence-electron chi connectivity index (χ3n) is 4.97. The molecular weight excluding hydrogens is 315 g/mol. The first-order valence-corrected chi connectivity index (χ1v) is 8.27. The molecule has 2 aliphatic rings. The minimum atomic E-state index is -0.334.